The van der Waals surface area contributed by atoms with Crippen LogP contribution >= 0.6 is 0 Å². The van der Waals surface area contributed by atoms with Crippen LogP contribution < -0.4 is 46.4 Å². The molecule has 10 aromatic rings. The van der Waals surface area contributed by atoms with Gasteiger partial charge >= 0.3 is 0 Å². The van der Waals surface area contributed by atoms with Gasteiger partial charge in [-0.2, -0.15) is 0 Å². The molecule has 12 rings (SSSR count). The molecule has 0 spiro atoms. The Morgan fingerprint density at radius 1 is 0.333 bits per heavy atom. The first kappa shape index (κ1) is 40.5. The summed E-state index contributed by atoms with van der Waals surface area (Å²) in [6.07, 6.45) is 0. The molecular formula is C62H54N2Si2. The molecule has 0 atom stereocenters. The molecule has 0 saturated heterocycles. The monoisotopic (exact) mass is 882 g/mol. The summed E-state index contributed by atoms with van der Waals surface area (Å²) in [6, 6.07) is 84.5. The predicted octanol–water partition coefficient (Wildman–Crippen LogP) is 10.2. The van der Waals surface area contributed by atoms with Crippen molar-refractivity contribution in [3.63, 3.8) is 0 Å². The smallest absolute Gasteiger partial charge is 0.184 e. The lowest BCUT2D eigenvalue weighted by Gasteiger charge is -2.52. The molecule has 1 aromatic heterocycles. The third kappa shape index (κ3) is 5.71. The van der Waals surface area contributed by atoms with Gasteiger partial charge in [0.05, 0.1) is 11.0 Å². The third-order valence-electron chi connectivity index (χ3n) is 14.8. The SMILES string of the molecule is CC(C)(C)c1ccc2c(c1)c1cc(C(C)(C)C)ccc1n2-c1ccc2c(c1)[Si](c1ccccc1)(c1ccccc1)c1cccc3c1N2c1ccccc1[Si]3(c1ccccc1)c1ccccc1. The maximum absolute atomic E-state index is 3.10. The summed E-state index contributed by atoms with van der Waals surface area (Å²) in [6.45, 7) is 13.9. The molecule has 320 valence electrons. The molecule has 0 fully saturated rings. The Kier molecular flexibility index (Phi) is 9.06. The van der Waals surface area contributed by atoms with Crippen LogP contribution in [0.25, 0.3) is 27.5 Å². The van der Waals surface area contributed by atoms with Crippen molar-refractivity contribution in [1.82, 2.24) is 4.57 Å². The Bertz CT molecular complexity index is 3340. The van der Waals surface area contributed by atoms with Crippen LogP contribution in [-0.4, -0.2) is 20.7 Å². The highest BCUT2D eigenvalue weighted by atomic mass is 28.3. The number of benzene rings is 9. The van der Waals surface area contributed by atoms with E-state index in [1.54, 1.807) is 0 Å². The van der Waals surface area contributed by atoms with Crippen LogP contribution in [0.2, 0.25) is 0 Å². The van der Waals surface area contributed by atoms with Gasteiger partial charge in [0, 0.05) is 33.5 Å². The Morgan fingerprint density at radius 2 is 0.727 bits per heavy atom. The molecule has 66 heavy (non-hydrogen) atoms. The van der Waals surface area contributed by atoms with Crippen LogP contribution in [0.5, 0.6) is 0 Å². The summed E-state index contributed by atoms with van der Waals surface area (Å²) in [7, 11) is -5.99. The maximum atomic E-state index is 2.67. The van der Waals surface area contributed by atoms with Gasteiger partial charge in [-0.15, -0.1) is 0 Å². The van der Waals surface area contributed by atoms with E-state index in [1.807, 2.05) is 0 Å². The molecule has 2 aliphatic heterocycles. The number of hydrogen-bond acceptors (Lipinski definition) is 1. The second kappa shape index (κ2) is 14.8. The highest BCUT2D eigenvalue weighted by molar-refractivity contribution is 7.24. The number of nitrogens with zero attached hydrogens (tertiary/aromatic N) is 2. The van der Waals surface area contributed by atoms with Crippen LogP contribution in [0.1, 0.15) is 52.7 Å². The van der Waals surface area contributed by atoms with E-state index < -0.39 is 16.1 Å². The molecule has 0 radical (unpaired) electrons. The molecule has 9 aromatic carbocycles. The van der Waals surface area contributed by atoms with E-state index in [0.717, 1.165) is 0 Å². The molecule has 0 aliphatic carbocycles. The lowest BCUT2D eigenvalue weighted by Crippen LogP contribution is -2.82. The highest BCUT2D eigenvalue weighted by Gasteiger charge is 2.56. The minimum Gasteiger partial charge on any atom is -0.311 e. The fraction of sp³-hybridized carbons (Fsp3) is 0.129. The lowest BCUT2D eigenvalue weighted by molar-refractivity contribution is 0.590. The van der Waals surface area contributed by atoms with E-state index >= 15 is 0 Å². The molecule has 4 heteroatoms. The number of rotatable bonds is 5. The summed E-state index contributed by atoms with van der Waals surface area (Å²) in [4.78, 5) is 2.67. The highest BCUT2D eigenvalue weighted by Crippen LogP contribution is 2.43. The molecule has 0 amide bonds. The Morgan fingerprint density at radius 3 is 1.18 bits per heavy atom. The van der Waals surface area contributed by atoms with E-state index in [-0.39, 0.29) is 10.8 Å². The van der Waals surface area contributed by atoms with Crippen LogP contribution in [0, 0.1) is 0 Å². The van der Waals surface area contributed by atoms with Gasteiger partial charge in [-0.25, -0.2) is 0 Å². The molecule has 3 heterocycles. The van der Waals surface area contributed by atoms with Gasteiger partial charge < -0.3 is 9.47 Å². The fourth-order valence-corrected chi connectivity index (χ4v) is 22.2. The third-order valence-corrected chi connectivity index (χ3v) is 24.5. The summed E-state index contributed by atoms with van der Waals surface area (Å²) in [5.74, 6) is 0. The van der Waals surface area contributed by atoms with Crippen LogP contribution in [0.4, 0.5) is 17.1 Å². The predicted molar refractivity (Wildman–Crippen MR) is 287 cm³/mol. The molecule has 2 nitrogen and oxygen atoms in total. The zero-order valence-electron chi connectivity index (χ0n) is 38.7. The normalized spacial score (nSPS) is 14.7. The number of hydrogen-bond donors (Lipinski definition) is 0. The average molecular weight is 883 g/mol. The van der Waals surface area contributed by atoms with Gasteiger partial charge in [0.1, 0.15) is 0 Å². The van der Waals surface area contributed by atoms with Gasteiger partial charge in [-0.05, 0) is 112 Å². The maximum Gasteiger partial charge on any atom is 0.184 e. The summed E-state index contributed by atoms with van der Waals surface area (Å²) in [5, 5.41) is 13.9. The minimum absolute atomic E-state index is 0.0189. The Labute approximate surface area is 391 Å². The number of para-hydroxylation sites is 2. The van der Waals surface area contributed by atoms with E-state index in [2.05, 4.69) is 269 Å². The molecular weight excluding hydrogens is 829 g/mol. The van der Waals surface area contributed by atoms with Crippen molar-refractivity contribution in [2.45, 2.75) is 52.4 Å². The summed E-state index contributed by atoms with van der Waals surface area (Å²) < 4.78 is 2.55. The van der Waals surface area contributed by atoms with Gasteiger partial charge in [0.2, 0.25) is 0 Å². The Balaban J connectivity index is 1.24. The Hall–Kier alpha value is -6.99. The fourth-order valence-electron chi connectivity index (χ4n) is 11.8. The second-order valence-corrected chi connectivity index (χ2v) is 28.0. The van der Waals surface area contributed by atoms with Crippen molar-refractivity contribution in [2.75, 3.05) is 4.90 Å². The second-order valence-electron chi connectivity index (χ2n) is 20.5. The molecule has 2 aliphatic rings. The van der Waals surface area contributed by atoms with Crippen LogP contribution in [-0.2, 0) is 10.8 Å². The quantitative estimate of drug-likeness (QED) is 0.156. The zero-order valence-corrected chi connectivity index (χ0v) is 40.7. The first-order valence-corrected chi connectivity index (χ1v) is 27.5. The molecule has 0 unspecified atom stereocenters. The van der Waals surface area contributed by atoms with Crippen molar-refractivity contribution < 1.29 is 0 Å². The van der Waals surface area contributed by atoms with E-state index in [4.69, 9.17) is 0 Å². The average Bonchev–Trinajstić information content (AvgIpc) is 3.68. The van der Waals surface area contributed by atoms with E-state index in [1.165, 1.54) is 97.2 Å². The van der Waals surface area contributed by atoms with E-state index in [9.17, 15) is 0 Å². The standard InChI is InChI=1S/C62H54N2Si2/c1-61(2,3)43-34-37-52-50(40-43)51-41-44(62(4,5)6)35-38-53(51)63(52)45-36-39-55-59(42-45)66(48-26-15-9-16-27-48,49-28-17-10-18-29-49)58-33-21-32-57-60(58)64(55)54-30-19-20-31-56(54)65(57,46-22-11-7-12-23-46)47-24-13-8-14-25-47/h7-42H,1-6H3. The van der Waals surface area contributed by atoms with E-state index in [0.29, 0.717) is 0 Å². The molecule has 0 N–H and O–H groups in total. The number of anilines is 3. The van der Waals surface area contributed by atoms with Gasteiger partial charge in [0.15, 0.2) is 16.1 Å². The van der Waals surface area contributed by atoms with Gasteiger partial charge in [-0.1, -0.05) is 211 Å². The van der Waals surface area contributed by atoms with Gasteiger partial charge in [-0.3, -0.25) is 0 Å². The van der Waals surface area contributed by atoms with Crippen LogP contribution in [0.15, 0.2) is 218 Å². The largest absolute Gasteiger partial charge is 0.311 e. The van der Waals surface area contributed by atoms with Crippen molar-refractivity contribution in [2.24, 2.45) is 0 Å². The van der Waals surface area contributed by atoms with Crippen molar-refractivity contribution in [3.05, 3.63) is 230 Å². The first-order valence-electron chi connectivity index (χ1n) is 23.5. The molecule has 0 saturated carbocycles. The zero-order chi connectivity index (χ0) is 45.0. The van der Waals surface area contributed by atoms with Crippen molar-refractivity contribution in [1.29, 1.82) is 0 Å². The first-order chi connectivity index (χ1) is 32.0. The number of fused-ring (bicyclic) bond motifs is 7. The minimum atomic E-state index is -3.10. The van der Waals surface area contributed by atoms with Gasteiger partial charge in [0.25, 0.3) is 0 Å². The topological polar surface area (TPSA) is 8.17 Å². The summed E-state index contributed by atoms with van der Waals surface area (Å²) >= 11 is 0. The molecule has 0 bridgehead atoms. The van der Waals surface area contributed by atoms with Crippen molar-refractivity contribution in [3.8, 4) is 5.69 Å². The number of aromatic nitrogens is 1. The lowest BCUT2D eigenvalue weighted by atomic mass is 9.85. The van der Waals surface area contributed by atoms with Crippen molar-refractivity contribution >= 4 is 96.5 Å². The van der Waals surface area contributed by atoms with Crippen LogP contribution in [0.3, 0.4) is 0 Å². The summed E-state index contributed by atoms with van der Waals surface area (Å²) in [5.41, 5.74) is 10.3.